The largest absolute Gasteiger partial charge is 0.388 e. The normalized spacial score (nSPS) is 22.5. The van der Waals surface area contributed by atoms with E-state index >= 15 is 0 Å². The molecule has 1 aliphatic rings. The van der Waals surface area contributed by atoms with Crippen LogP contribution in [0.2, 0.25) is 0 Å². The molecule has 1 heterocycles. The second-order valence-electron chi connectivity index (χ2n) is 4.12. The molecule has 2 unspecified atom stereocenters. The molecule has 2 atom stereocenters. The Bertz CT molecular complexity index is 162. The Morgan fingerprint density at radius 2 is 2.12 bits per heavy atom. The number of ether oxygens (including phenoxy) is 3. The van der Waals surface area contributed by atoms with E-state index in [2.05, 4.69) is 5.32 Å². The summed E-state index contributed by atoms with van der Waals surface area (Å²) in [7, 11) is 1.62. The zero-order chi connectivity index (χ0) is 11.6. The van der Waals surface area contributed by atoms with Gasteiger partial charge in [0.1, 0.15) is 6.10 Å². The lowest BCUT2D eigenvalue weighted by Crippen LogP contribution is -2.24. The third-order valence-corrected chi connectivity index (χ3v) is 2.57. The first-order chi connectivity index (χ1) is 7.83. The number of aliphatic hydroxyl groups excluding tert-OH is 1. The molecule has 16 heavy (non-hydrogen) atoms. The monoisotopic (exact) mass is 233 g/mol. The molecule has 1 saturated heterocycles. The molecular formula is C11H23NO4. The highest BCUT2D eigenvalue weighted by Crippen LogP contribution is 2.07. The standard InChI is InChI=1S/C11H23NO4/c1-14-4-5-15-8-11(13)9-16-7-10-2-3-12-6-10/h10-13H,2-9H2,1H3. The quantitative estimate of drug-likeness (QED) is 0.532. The Morgan fingerprint density at radius 3 is 2.81 bits per heavy atom. The van der Waals surface area contributed by atoms with Crippen molar-refractivity contribution in [2.45, 2.75) is 12.5 Å². The number of rotatable bonds is 9. The summed E-state index contributed by atoms with van der Waals surface area (Å²) in [6.07, 6.45) is 0.631. The first-order valence-electron chi connectivity index (χ1n) is 5.86. The van der Waals surface area contributed by atoms with E-state index in [1.54, 1.807) is 7.11 Å². The van der Waals surface area contributed by atoms with Crippen molar-refractivity contribution in [3.05, 3.63) is 0 Å². The predicted molar refractivity (Wildman–Crippen MR) is 60.5 cm³/mol. The summed E-state index contributed by atoms with van der Waals surface area (Å²) < 4.78 is 15.5. The van der Waals surface area contributed by atoms with Crippen molar-refractivity contribution in [1.29, 1.82) is 0 Å². The SMILES string of the molecule is COCCOCC(O)COCC1CCNC1. The molecule has 0 saturated carbocycles. The number of hydrogen-bond acceptors (Lipinski definition) is 5. The van der Waals surface area contributed by atoms with Gasteiger partial charge in [-0.15, -0.1) is 0 Å². The van der Waals surface area contributed by atoms with Crippen LogP contribution in [0, 0.1) is 5.92 Å². The van der Waals surface area contributed by atoms with Crippen LogP contribution in [0.4, 0.5) is 0 Å². The molecule has 0 amide bonds. The van der Waals surface area contributed by atoms with E-state index in [0.717, 1.165) is 19.7 Å². The molecule has 5 heteroatoms. The molecule has 1 fully saturated rings. The lowest BCUT2D eigenvalue weighted by Gasteiger charge is -2.13. The van der Waals surface area contributed by atoms with Crippen LogP contribution in [-0.2, 0) is 14.2 Å². The second-order valence-corrected chi connectivity index (χ2v) is 4.12. The molecule has 96 valence electrons. The molecule has 0 aromatic carbocycles. The first-order valence-corrected chi connectivity index (χ1v) is 5.86. The van der Waals surface area contributed by atoms with Crippen LogP contribution >= 0.6 is 0 Å². The van der Waals surface area contributed by atoms with Crippen molar-refractivity contribution in [2.75, 3.05) is 53.2 Å². The number of hydrogen-bond donors (Lipinski definition) is 2. The summed E-state index contributed by atoms with van der Waals surface area (Å²) in [6.45, 7) is 4.57. The van der Waals surface area contributed by atoms with Gasteiger partial charge in [0.25, 0.3) is 0 Å². The van der Waals surface area contributed by atoms with E-state index < -0.39 is 6.10 Å². The molecule has 0 radical (unpaired) electrons. The van der Waals surface area contributed by atoms with E-state index in [0.29, 0.717) is 32.3 Å². The summed E-state index contributed by atoms with van der Waals surface area (Å²) in [4.78, 5) is 0. The molecule has 0 aromatic rings. The Labute approximate surface area is 97.1 Å². The van der Waals surface area contributed by atoms with E-state index in [1.807, 2.05) is 0 Å². The number of nitrogens with one attached hydrogen (secondary N) is 1. The van der Waals surface area contributed by atoms with Gasteiger partial charge in [-0.25, -0.2) is 0 Å². The molecule has 0 bridgehead atoms. The number of aliphatic hydroxyl groups is 1. The van der Waals surface area contributed by atoms with Gasteiger partial charge in [-0.2, -0.15) is 0 Å². The fourth-order valence-corrected chi connectivity index (χ4v) is 1.64. The van der Waals surface area contributed by atoms with Crippen LogP contribution in [-0.4, -0.2) is 64.4 Å². The van der Waals surface area contributed by atoms with Gasteiger partial charge in [0.2, 0.25) is 0 Å². The highest BCUT2D eigenvalue weighted by Gasteiger charge is 2.15. The van der Waals surface area contributed by atoms with Crippen LogP contribution in [0.25, 0.3) is 0 Å². The van der Waals surface area contributed by atoms with Gasteiger partial charge < -0.3 is 24.6 Å². The minimum Gasteiger partial charge on any atom is -0.388 e. The van der Waals surface area contributed by atoms with Crippen LogP contribution in [0.3, 0.4) is 0 Å². The summed E-state index contributed by atoms with van der Waals surface area (Å²) >= 11 is 0. The van der Waals surface area contributed by atoms with Crippen LogP contribution in [0.5, 0.6) is 0 Å². The lowest BCUT2D eigenvalue weighted by molar-refractivity contribution is -0.0331. The van der Waals surface area contributed by atoms with Gasteiger partial charge in [0, 0.05) is 13.7 Å². The van der Waals surface area contributed by atoms with Crippen LogP contribution in [0.1, 0.15) is 6.42 Å². The Morgan fingerprint density at radius 1 is 1.31 bits per heavy atom. The van der Waals surface area contributed by atoms with Crippen molar-refractivity contribution in [3.63, 3.8) is 0 Å². The Kier molecular flexibility index (Phi) is 7.71. The molecular weight excluding hydrogens is 210 g/mol. The predicted octanol–water partition coefficient (Wildman–Crippen LogP) is -0.364. The zero-order valence-corrected chi connectivity index (χ0v) is 9.98. The molecule has 1 aliphatic heterocycles. The summed E-state index contributed by atoms with van der Waals surface area (Å²) in [6, 6.07) is 0. The molecule has 1 rings (SSSR count). The minimum atomic E-state index is -0.536. The van der Waals surface area contributed by atoms with Gasteiger partial charge in [-0.3, -0.25) is 0 Å². The zero-order valence-electron chi connectivity index (χ0n) is 9.98. The van der Waals surface area contributed by atoms with Gasteiger partial charge in [-0.05, 0) is 18.9 Å². The third kappa shape index (κ3) is 6.40. The Hall–Kier alpha value is -0.200. The van der Waals surface area contributed by atoms with Crippen molar-refractivity contribution in [2.24, 2.45) is 5.92 Å². The van der Waals surface area contributed by atoms with E-state index in [-0.39, 0.29) is 0 Å². The maximum absolute atomic E-state index is 9.52. The summed E-state index contributed by atoms with van der Waals surface area (Å²) in [5.41, 5.74) is 0. The van der Waals surface area contributed by atoms with E-state index in [4.69, 9.17) is 14.2 Å². The maximum Gasteiger partial charge on any atom is 0.101 e. The molecule has 0 aromatic heterocycles. The summed E-state index contributed by atoms with van der Waals surface area (Å²) in [5.74, 6) is 0.599. The smallest absolute Gasteiger partial charge is 0.101 e. The fraction of sp³-hybridized carbons (Fsp3) is 1.00. The topological polar surface area (TPSA) is 60.0 Å². The van der Waals surface area contributed by atoms with Gasteiger partial charge in [0.05, 0.1) is 33.0 Å². The first kappa shape index (κ1) is 13.9. The van der Waals surface area contributed by atoms with Gasteiger partial charge >= 0.3 is 0 Å². The summed E-state index contributed by atoms with van der Waals surface area (Å²) in [5, 5.41) is 12.8. The van der Waals surface area contributed by atoms with Crippen LogP contribution < -0.4 is 5.32 Å². The molecule has 5 nitrogen and oxygen atoms in total. The van der Waals surface area contributed by atoms with E-state index in [9.17, 15) is 5.11 Å². The van der Waals surface area contributed by atoms with Crippen molar-refractivity contribution >= 4 is 0 Å². The fourth-order valence-electron chi connectivity index (χ4n) is 1.64. The molecule has 0 aliphatic carbocycles. The second kappa shape index (κ2) is 8.90. The Balaban J connectivity index is 1.87. The van der Waals surface area contributed by atoms with Crippen molar-refractivity contribution in [3.8, 4) is 0 Å². The maximum atomic E-state index is 9.52. The lowest BCUT2D eigenvalue weighted by atomic mass is 10.1. The minimum absolute atomic E-state index is 0.312. The van der Waals surface area contributed by atoms with Gasteiger partial charge in [-0.1, -0.05) is 0 Å². The highest BCUT2D eigenvalue weighted by atomic mass is 16.5. The van der Waals surface area contributed by atoms with Crippen molar-refractivity contribution < 1.29 is 19.3 Å². The molecule has 0 spiro atoms. The van der Waals surface area contributed by atoms with Crippen LogP contribution in [0.15, 0.2) is 0 Å². The molecule has 2 N–H and O–H groups in total. The highest BCUT2D eigenvalue weighted by molar-refractivity contribution is 4.70. The van der Waals surface area contributed by atoms with Crippen molar-refractivity contribution in [1.82, 2.24) is 5.32 Å². The van der Waals surface area contributed by atoms with Gasteiger partial charge in [0.15, 0.2) is 0 Å². The van der Waals surface area contributed by atoms with E-state index in [1.165, 1.54) is 6.42 Å². The third-order valence-electron chi connectivity index (χ3n) is 2.57. The number of methoxy groups -OCH3 is 1. The average Bonchev–Trinajstić information content (AvgIpc) is 2.77. The average molecular weight is 233 g/mol.